The molecule has 0 radical (unpaired) electrons. The van der Waals surface area contributed by atoms with E-state index in [9.17, 15) is 31.5 Å². The number of halogens is 4. The summed E-state index contributed by atoms with van der Waals surface area (Å²) in [4.78, 5) is 12.2. The lowest BCUT2D eigenvalue weighted by Crippen LogP contribution is -2.33. The largest absolute Gasteiger partial charge is 0.496 e. The molecule has 0 bridgehead atoms. The van der Waals surface area contributed by atoms with Gasteiger partial charge < -0.3 is 14.7 Å². The molecule has 7 nitrogen and oxygen atoms in total. The van der Waals surface area contributed by atoms with Crippen molar-refractivity contribution in [2.75, 3.05) is 20.7 Å². The van der Waals surface area contributed by atoms with Crippen molar-refractivity contribution in [1.82, 2.24) is 4.90 Å². The van der Waals surface area contributed by atoms with E-state index < -0.39 is 40.0 Å². The number of nitrogens with zero attached hydrogens (tertiary/aromatic N) is 2. The fourth-order valence-electron chi connectivity index (χ4n) is 3.37. The minimum absolute atomic E-state index is 0.00934. The van der Waals surface area contributed by atoms with Crippen LogP contribution in [-0.2, 0) is 21.0 Å². The van der Waals surface area contributed by atoms with Gasteiger partial charge in [-0.2, -0.15) is 21.6 Å². The summed E-state index contributed by atoms with van der Waals surface area (Å²) < 4.78 is 76.9. The van der Waals surface area contributed by atoms with Crippen molar-refractivity contribution in [1.29, 1.82) is 0 Å². The summed E-state index contributed by atoms with van der Waals surface area (Å²) in [6.07, 6.45) is -4.77. The Morgan fingerprint density at radius 2 is 1.74 bits per heavy atom. The molecule has 3 rings (SSSR count). The fourth-order valence-corrected chi connectivity index (χ4v) is 4.69. The molecule has 3 aromatic rings. The van der Waals surface area contributed by atoms with Crippen LogP contribution in [0.3, 0.4) is 0 Å². The van der Waals surface area contributed by atoms with Gasteiger partial charge in [-0.05, 0) is 47.2 Å². The number of carbonyl (C=O) groups is 1. The average molecular weight is 559 g/mol. The molecule has 3 aromatic carbocycles. The predicted molar refractivity (Wildman–Crippen MR) is 124 cm³/mol. The van der Waals surface area contributed by atoms with E-state index in [0.29, 0.717) is 4.47 Å². The summed E-state index contributed by atoms with van der Waals surface area (Å²) in [6, 6.07) is 11.9. The summed E-state index contributed by atoms with van der Waals surface area (Å²) >= 11 is 3.21. The number of carboxylic acids is 1. The van der Waals surface area contributed by atoms with Crippen LogP contribution in [0.15, 0.2) is 68.4 Å². The number of ether oxygens (including phenoxy) is 1. The van der Waals surface area contributed by atoms with Crippen LogP contribution in [0.25, 0.3) is 10.8 Å². The van der Waals surface area contributed by atoms with Crippen LogP contribution in [0.4, 0.5) is 13.2 Å². The van der Waals surface area contributed by atoms with Gasteiger partial charge in [0.15, 0.2) is 0 Å². The van der Waals surface area contributed by atoms with Gasteiger partial charge in [0.2, 0.25) is 0 Å². The maximum absolute atomic E-state index is 13.9. The molecule has 0 fully saturated rings. The molecule has 0 aliphatic rings. The summed E-state index contributed by atoms with van der Waals surface area (Å²) in [5, 5.41) is 9.02. The molecule has 0 aromatic heterocycles. The zero-order valence-electron chi connectivity index (χ0n) is 17.8. The first kappa shape index (κ1) is 25.5. The van der Waals surface area contributed by atoms with Crippen LogP contribution in [0, 0.1) is 0 Å². The Bertz CT molecular complexity index is 1370. The number of hydrogen-bond acceptors (Lipinski definition) is 4. The van der Waals surface area contributed by atoms with E-state index in [1.807, 2.05) is 0 Å². The minimum Gasteiger partial charge on any atom is -0.496 e. The standard InChI is InChI=1S/C22H18BrF3N2O5S/c1-28(12-19(29)30)21(27-34(31,32)14-8-6-13(23)7-9-14)17-5-3-4-16-15(17)10-11-18(33-2)20(16)22(24,25)26/h3-11H,12H2,1-2H3,(H,29,30). The van der Waals surface area contributed by atoms with Crippen LogP contribution < -0.4 is 4.74 Å². The van der Waals surface area contributed by atoms with Crippen molar-refractivity contribution < 1.29 is 36.2 Å². The van der Waals surface area contributed by atoms with E-state index in [0.717, 1.165) is 18.1 Å². The van der Waals surface area contributed by atoms with Crippen molar-refractivity contribution in [3.8, 4) is 5.75 Å². The van der Waals surface area contributed by atoms with Crippen molar-refractivity contribution in [2.24, 2.45) is 4.40 Å². The molecule has 0 amide bonds. The van der Waals surface area contributed by atoms with E-state index in [1.54, 1.807) is 0 Å². The molecule has 0 unspecified atom stereocenters. The molecule has 0 heterocycles. The van der Waals surface area contributed by atoms with Gasteiger partial charge in [0, 0.05) is 17.1 Å². The lowest BCUT2D eigenvalue weighted by Gasteiger charge is -2.22. The molecule has 0 atom stereocenters. The lowest BCUT2D eigenvalue weighted by atomic mass is 9.98. The Labute approximate surface area is 201 Å². The maximum Gasteiger partial charge on any atom is 0.420 e. The van der Waals surface area contributed by atoms with Crippen LogP contribution in [0.5, 0.6) is 5.75 Å². The first-order valence-electron chi connectivity index (χ1n) is 9.56. The molecule has 180 valence electrons. The molecular weight excluding hydrogens is 541 g/mol. The average Bonchev–Trinajstić information content (AvgIpc) is 2.75. The Morgan fingerprint density at radius 1 is 1.09 bits per heavy atom. The number of fused-ring (bicyclic) bond motifs is 1. The number of methoxy groups -OCH3 is 1. The molecule has 1 N–H and O–H groups in total. The Hall–Kier alpha value is -3.12. The molecule has 0 aliphatic heterocycles. The van der Waals surface area contributed by atoms with Gasteiger partial charge in [-0.3, -0.25) is 4.79 Å². The number of sulfonamides is 1. The third-order valence-corrected chi connectivity index (χ3v) is 6.63. The number of alkyl halides is 3. The number of hydrogen-bond donors (Lipinski definition) is 1. The van der Waals surface area contributed by atoms with Crippen LogP contribution in [0.2, 0.25) is 0 Å². The van der Waals surface area contributed by atoms with E-state index in [1.165, 1.54) is 55.6 Å². The third kappa shape index (κ3) is 5.33. The smallest absolute Gasteiger partial charge is 0.420 e. The normalized spacial score (nSPS) is 12.6. The predicted octanol–water partition coefficient (Wildman–Crippen LogP) is 4.78. The van der Waals surface area contributed by atoms with E-state index in [-0.39, 0.29) is 27.1 Å². The molecule has 0 aliphatic carbocycles. The zero-order chi connectivity index (χ0) is 25.3. The second-order valence-electron chi connectivity index (χ2n) is 7.13. The second kappa shape index (κ2) is 9.63. The number of carboxylic acid groups (broad SMARTS) is 1. The Balaban J connectivity index is 2.33. The van der Waals surface area contributed by atoms with Gasteiger partial charge in [0.05, 0.1) is 12.0 Å². The number of rotatable bonds is 6. The molecule has 12 heteroatoms. The molecule has 34 heavy (non-hydrogen) atoms. The lowest BCUT2D eigenvalue weighted by molar-refractivity contribution is -0.138. The van der Waals surface area contributed by atoms with Gasteiger partial charge in [0.25, 0.3) is 10.0 Å². The highest BCUT2D eigenvalue weighted by molar-refractivity contribution is 9.10. The van der Waals surface area contributed by atoms with Gasteiger partial charge >= 0.3 is 12.1 Å². The van der Waals surface area contributed by atoms with E-state index >= 15 is 0 Å². The third-order valence-electron chi connectivity index (χ3n) is 4.82. The number of benzene rings is 3. The SMILES string of the molecule is COc1ccc2c(C(=NS(=O)(=O)c3ccc(Br)cc3)N(C)CC(=O)O)cccc2c1C(F)(F)F. The van der Waals surface area contributed by atoms with Crippen LogP contribution >= 0.6 is 15.9 Å². The van der Waals surface area contributed by atoms with Crippen molar-refractivity contribution in [3.63, 3.8) is 0 Å². The second-order valence-corrected chi connectivity index (χ2v) is 9.65. The summed E-state index contributed by atoms with van der Waals surface area (Å²) in [5.41, 5.74) is -1.03. The van der Waals surface area contributed by atoms with Crippen molar-refractivity contribution in [3.05, 3.63) is 70.2 Å². The highest BCUT2D eigenvalue weighted by Gasteiger charge is 2.37. The Kier molecular flexibility index (Phi) is 7.22. The van der Waals surface area contributed by atoms with E-state index in [4.69, 9.17) is 4.74 Å². The number of aliphatic carboxylic acids is 1. The molecule has 0 saturated carbocycles. The van der Waals surface area contributed by atoms with Crippen LogP contribution in [0.1, 0.15) is 11.1 Å². The highest BCUT2D eigenvalue weighted by Crippen LogP contribution is 2.42. The Morgan fingerprint density at radius 3 is 2.29 bits per heavy atom. The topological polar surface area (TPSA) is 96.3 Å². The summed E-state index contributed by atoms with van der Waals surface area (Å²) in [7, 11) is -1.94. The fraction of sp³-hybridized carbons (Fsp3) is 0.182. The van der Waals surface area contributed by atoms with Crippen LogP contribution in [-0.4, -0.2) is 50.9 Å². The molecule has 0 spiro atoms. The molecular formula is C22H18BrF3N2O5S. The van der Waals surface area contributed by atoms with Gasteiger partial charge in [-0.15, -0.1) is 4.40 Å². The quantitative estimate of drug-likeness (QED) is 0.345. The number of likely N-dealkylation sites (N-methyl/N-ethyl adjacent to an activating group) is 1. The molecule has 0 saturated heterocycles. The summed E-state index contributed by atoms with van der Waals surface area (Å²) in [6.45, 7) is -0.645. The minimum atomic E-state index is -4.77. The van der Waals surface area contributed by atoms with Gasteiger partial charge in [-0.25, -0.2) is 0 Å². The monoisotopic (exact) mass is 558 g/mol. The van der Waals surface area contributed by atoms with E-state index in [2.05, 4.69) is 20.3 Å². The van der Waals surface area contributed by atoms with Gasteiger partial charge in [0.1, 0.15) is 23.7 Å². The van der Waals surface area contributed by atoms with Crippen molar-refractivity contribution >= 4 is 48.5 Å². The first-order valence-corrected chi connectivity index (χ1v) is 11.8. The first-order chi connectivity index (χ1) is 15.8. The zero-order valence-corrected chi connectivity index (χ0v) is 20.2. The van der Waals surface area contributed by atoms with Gasteiger partial charge in [-0.1, -0.05) is 34.1 Å². The summed E-state index contributed by atoms with van der Waals surface area (Å²) in [5.74, 6) is -2.01. The maximum atomic E-state index is 13.9. The van der Waals surface area contributed by atoms with Crippen molar-refractivity contribution in [2.45, 2.75) is 11.1 Å². The number of amidine groups is 1. The highest BCUT2D eigenvalue weighted by atomic mass is 79.9.